The Morgan fingerprint density at radius 3 is 2.59 bits per heavy atom. The lowest BCUT2D eigenvalue weighted by Gasteiger charge is -2.17. The van der Waals surface area contributed by atoms with E-state index in [0.717, 1.165) is 23.3 Å². The highest BCUT2D eigenvalue weighted by Gasteiger charge is 2.29. The summed E-state index contributed by atoms with van der Waals surface area (Å²) < 4.78 is 13.3. The molecule has 2 nitrogen and oxygen atoms in total. The second-order valence-electron chi connectivity index (χ2n) is 5.27. The van der Waals surface area contributed by atoms with Crippen LogP contribution in [0.15, 0.2) is 53.4 Å². The normalized spacial score (nSPS) is 15.4. The molecule has 2 aromatic rings. The maximum Gasteiger partial charge on any atom is 0.238 e. The van der Waals surface area contributed by atoms with E-state index in [-0.39, 0.29) is 16.2 Å². The number of hydrogen-bond acceptors (Lipinski definition) is 2. The molecule has 0 bridgehead atoms. The van der Waals surface area contributed by atoms with E-state index in [2.05, 4.69) is 5.32 Å². The number of rotatable bonds is 5. The first-order valence-corrected chi connectivity index (χ1v) is 8.36. The van der Waals surface area contributed by atoms with Crippen LogP contribution in [0.4, 0.5) is 4.39 Å². The third kappa shape index (κ3) is 3.81. The number of halogens is 2. The Labute approximate surface area is 138 Å². The zero-order chi connectivity index (χ0) is 15.5. The Kier molecular flexibility index (Phi) is 4.69. The number of hydrogen-bond donors (Lipinski definition) is 1. The molecule has 22 heavy (non-hydrogen) atoms. The first kappa shape index (κ1) is 15.4. The molecule has 1 saturated carbocycles. The van der Waals surface area contributed by atoms with Gasteiger partial charge in [0.15, 0.2) is 0 Å². The van der Waals surface area contributed by atoms with Gasteiger partial charge in [-0.1, -0.05) is 41.9 Å². The topological polar surface area (TPSA) is 29.1 Å². The summed E-state index contributed by atoms with van der Waals surface area (Å²) in [6, 6.07) is 14.4. The SMILES string of the molecule is O=C(NC1CC1)[C@H](Sc1ccc(F)c(Cl)c1)c1ccccc1. The fraction of sp³-hybridized carbons (Fsp3) is 0.235. The Balaban J connectivity index is 1.83. The summed E-state index contributed by atoms with van der Waals surface area (Å²) in [4.78, 5) is 13.3. The van der Waals surface area contributed by atoms with Crippen molar-refractivity contribution in [1.82, 2.24) is 5.32 Å². The summed E-state index contributed by atoms with van der Waals surface area (Å²) in [5, 5.41) is 2.73. The number of carbonyl (C=O) groups excluding carboxylic acids is 1. The predicted molar refractivity (Wildman–Crippen MR) is 87.6 cm³/mol. The Morgan fingerprint density at radius 1 is 1.23 bits per heavy atom. The van der Waals surface area contributed by atoms with Gasteiger partial charge in [-0.05, 0) is 36.6 Å². The highest BCUT2D eigenvalue weighted by Crippen LogP contribution is 2.37. The van der Waals surface area contributed by atoms with Crippen molar-refractivity contribution in [2.24, 2.45) is 0 Å². The molecule has 0 aliphatic heterocycles. The molecule has 0 radical (unpaired) electrons. The van der Waals surface area contributed by atoms with Gasteiger partial charge in [0, 0.05) is 10.9 Å². The molecule has 1 aliphatic carbocycles. The van der Waals surface area contributed by atoms with Crippen molar-refractivity contribution in [2.45, 2.75) is 29.0 Å². The van der Waals surface area contributed by atoms with Gasteiger partial charge in [0.2, 0.25) is 5.91 Å². The van der Waals surface area contributed by atoms with Crippen LogP contribution in [0.25, 0.3) is 0 Å². The molecule has 1 aliphatic rings. The molecule has 0 unspecified atom stereocenters. The minimum atomic E-state index is -0.454. The van der Waals surface area contributed by atoms with Crippen molar-refractivity contribution in [3.8, 4) is 0 Å². The Hall–Kier alpha value is -1.52. The highest BCUT2D eigenvalue weighted by molar-refractivity contribution is 8.00. The molecule has 0 spiro atoms. The number of amides is 1. The molecule has 2 aromatic carbocycles. The lowest BCUT2D eigenvalue weighted by Crippen LogP contribution is -2.29. The van der Waals surface area contributed by atoms with E-state index in [4.69, 9.17) is 11.6 Å². The van der Waals surface area contributed by atoms with Crippen LogP contribution >= 0.6 is 23.4 Å². The average molecular weight is 336 g/mol. The maximum absolute atomic E-state index is 13.3. The van der Waals surface area contributed by atoms with Crippen molar-refractivity contribution in [2.75, 3.05) is 0 Å². The number of nitrogens with one attached hydrogen (secondary N) is 1. The first-order valence-electron chi connectivity index (χ1n) is 7.10. The van der Waals surface area contributed by atoms with E-state index in [0.29, 0.717) is 6.04 Å². The van der Waals surface area contributed by atoms with Gasteiger partial charge in [-0.2, -0.15) is 0 Å². The van der Waals surface area contributed by atoms with E-state index < -0.39 is 5.82 Å². The average Bonchev–Trinajstić information content (AvgIpc) is 3.33. The number of carbonyl (C=O) groups is 1. The summed E-state index contributed by atoms with van der Waals surface area (Å²) in [7, 11) is 0. The van der Waals surface area contributed by atoms with Crippen molar-refractivity contribution in [3.05, 3.63) is 64.9 Å². The molecule has 5 heteroatoms. The number of thioether (sulfide) groups is 1. The van der Waals surface area contributed by atoms with Crippen molar-refractivity contribution >= 4 is 29.3 Å². The third-order valence-electron chi connectivity index (χ3n) is 3.41. The van der Waals surface area contributed by atoms with Crippen LogP contribution in [0, 0.1) is 5.82 Å². The van der Waals surface area contributed by atoms with E-state index in [1.807, 2.05) is 30.3 Å². The van der Waals surface area contributed by atoms with Crippen molar-refractivity contribution < 1.29 is 9.18 Å². The minimum Gasteiger partial charge on any atom is -0.352 e. The summed E-state index contributed by atoms with van der Waals surface area (Å²) in [5.74, 6) is -0.469. The van der Waals surface area contributed by atoms with Crippen LogP contribution in [0.2, 0.25) is 5.02 Å². The molecule has 1 atom stereocenters. The quantitative estimate of drug-likeness (QED) is 0.810. The van der Waals surface area contributed by atoms with Crippen molar-refractivity contribution in [1.29, 1.82) is 0 Å². The standard InChI is InChI=1S/C17H15ClFNOS/c18-14-10-13(8-9-15(14)19)22-16(11-4-2-1-3-5-11)17(21)20-12-6-7-12/h1-5,8-10,12,16H,6-7H2,(H,20,21)/t16-/m1/s1. The zero-order valence-electron chi connectivity index (χ0n) is 11.8. The van der Waals surface area contributed by atoms with Crippen LogP contribution in [0.3, 0.4) is 0 Å². The molecule has 1 fully saturated rings. The fourth-order valence-electron chi connectivity index (χ4n) is 2.09. The molecule has 114 valence electrons. The molecule has 3 rings (SSSR count). The predicted octanol–water partition coefficient (Wildman–Crippen LogP) is 4.59. The van der Waals surface area contributed by atoms with Gasteiger partial charge >= 0.3 is 0 Å². The van der Waals surface area contributed by atoms with E-state index in [1.165, 1.54) is 17.8 Å². The van der Waals surface area contributed by atoms with E-state index >= 15 is 0 Å². The van der Waals surface area contributed by atoms with Gasteiger partial charge < -0.3 is 5.32 Å². The largest absolute Gasteiger partial charge is 0.352 e. The van der Waals surface area contributed by atoms with Gasteiger partial charge in [-0.3, -0.25) is 4.79 Å². The summed E-state index contributed by atoms with van der Waals surface area (Å²) >= 11 is 7.21. The highest BCUT2D eigenvalue weighted by atomic mass is 35.5. The first-order chi connectivity index (χ1) is 10.6. The molecular formula is C17H15ClFNOS. The second kappa shape index (κ2) is 6.71. The maximum atomic E-state index is 13.3. The fourth-order valence-corrected chi connectivity index (χ4v) is 3.41. The van der Waals surface area contributed by atoms with Gasteiger partial charge in [-0.15, -0.1) is 11.8 Å². The summed E-state index contributed by atoms with van der Waals surface area (Å²) in [6.07, 6.45) is 2.08. The summed E-state index contributed by atoms with van der Waals surface area (Å²) in [6.45, 7) is 0. The van der Waals surface area contributed by atoms with Gasteiger partial charge in [0.05, 0.1) is 5.02 Å². The van der Waals surface area contributed by atoms with Crippen LogP contribution < -0.4 is 5.32 Å². The molecule has 1 N–H and O–H groups in total. The monoisotopic (exact) mass is 335 g/mol. The molecule has 0 saturated heterocycles. The van der Waals surface area contributed by atoms with E-state index in [1.54, 1.807) is 12.1 Å². The molecular weight excluding hydrogens is 321 g/mol. The van der Waals surface area contributed by atoms with Gasteiger partial charge in [0.25, 0.3) is 0 Å². The van der Waals surface area contributed by atoms with E-state index in [9.17, 15) is 9.18 Å². The van der Waals surface area contributed by atoms with Crippen LogP contribution in [-0.2, 0) is 4.79 Å². The van der Waals surface area contributed by atoms with Crippen molar-refractivity contribution in [3.63, 3.8) is 0 Å². The third-order valence-corrected chi connectivity index (χ3v) is 4.95. The minimum absolute atomic E-state index is 0.0147. The lowest BCUT2D eigenvalue weighted by molar-refractivity contribution is -0.120. The van der Waals surface area contributed by atoms with Crippen LogP contribution in [-0.4, -0.2) is 11.9 Å². The Bertz CT molecular complexity index is 676. The zero-order valence-corrected chi connectivity index (χ0v) is 13.3. The molecule has 0 heterocycles. The smallest absolute Gasteiger partial charge is 0.238 e. The van der Waals surface area contributed by atoms with Crippen LogP contribution in [0.1, 0.15) is 23.7 Å². The molecule has 1 amide bonds. The van der Waals surface area contributed by atoms with Gasteiger partial charge in [-0.25, -0.2) is 4.39 Å². The van der Waals surface area contributed by atoms with Crippen LogP contribution in [0.5, 0.6) is 0 Å². The number of benzene rings is 2. The lowest BCUT2D eigenvalue weighted by atomic mass is 10.1. The summed E-state index contributed by atoms with van der Waals surface area (Å²) in [5.41, 5.74) is 0.922. The van der Waals surface area contributed by atoms with Gasteiger partial charge in [0.1, 0.15) is 11.1 Å². The molecule has 0 aromatic heterocycles. The second-order valence-corrected chi connectivity index (χ2v) is 6.85. The Morgan fingerprint density at radius 2 is 1.95 bits per heavy atom.